The topological polar surface area (TPSA) is 43.1 Å². The second-order valence-corrected chi connectivity index (χ2v) is 4.93. The van der Waals surface area contributed by atoms with Crippen LogP contribution >= 0.6 is 0 Å². The summed E-state index contributed by atoms with van der Waals surface area (Å²) in [6.07, 6.45) is 7.28. The summed E-state index contributed by atoms with van der Waals surface area (Å²) in [7, 11) is 0. The van der Waals surface area contributed by atoms with Gasteiger partial charge in [0.05, 0.1) is 0 Å². The van der Waals surface area contributed by atoms with E-state index < -0.39 is 0 Å². The van der Waals surface area contributed by atoms with Crippen molar-refractivity contribution in [3.63, 3.8) is 0 Å². The van der Waals surface area contributed by atoms with Crippen LogP contribution in [0.5, 0.6) is 0 Å². The maximum Gasteiger partial charge on any atom is 0.248 e. The van der Waals surface area contributed by atoms with E-state index in [1.807, 2.05) is 12.1 Å². The van der Waals surface area contributed by atoms with Gasteiger partial charge in [-0.2, -0.15) is 0 Å². The zero-order valence-electron chi connectivity index (χ0n) is 10.5. The summed E-state index contributed by atoms with van der Waals surface area (Å²) in [5, 5.41) is 0. The third-order valence-corrected chi connectivity index (χ3v) is 3.86. The number of aryl methyl sites for hydroxylation is 1. The van der Waals surface area contributed by atoms with Crippen molar-refractivity contribution in [1.82, 2.24) is 0 Å². The molecule has 92 valence electrons. The van der Waals surface area contributed by atoms with Crippen LogP contribution in [-0.4, -0.2) is 5.91 Å². The first-order valence-electron chi connectivity index (χ1n) is 6.65. The van der Waals surface area contributed by atoms with Gasteiger partial charge in [-0.15, -0.1) is 0 Å². The molecule has 2 rings (SSSR count). The SMILES string of the molecule is CCc1cccc(C(N)=O)c1C1CCCCC1. The molecule has 2 nitrogen and oxygen atoms in total. The Kier molecular flexibility index (Phi) is 3.82. The average molecular weight is 231 g/mol. The maximum absolute atomic E-state index is 11.6. The zero-order chi connectivity index (χ0) is 12.3. The Labute approximate surface area is 103 Å². The van der Waals surface area contributed by atoms with Crippen LogP contribution in [-0.2, 0) is 6.42 Å². The number of hydrogen-bond acceptors (Lipinski definition) is 1. The van der Waals surface area contributed by atoms with Gasteiger partial charge in [0.15, 0.2) is 0 Å². The molecule has 0 radical (unpaired) electrons. The smallest absolute Gasteiger partial charge is 0.248 e. The summed E-state index contributed by atoms with van der Waals surface area (Å²) >= 11 is 0. The van der Waals surface area contributed by atoms with Gasteiger partial charge in [-0.1, -0.05) is 38.3 Å². The van der Waals surface area contributed by atoms with Crippen LogP contribution in [0.2, 0.25) is 0 Å². The highest BCUT2D eigenvalue weighted by Crippen LogP contribution is 2.36. The van der Waals surface area contributed by atoms with Crippen molar-refractivity contribution in [1.29, 1.82) is 0 Å². The molecule has 1 saturated carbocycles. The molecule has 0 aliphatic heterocycles. The number of carbonyl (C=O) groups is 1. The molecular weight excluding hydrogens is 210 g/mol. The predicted molar refractivity (Wildman–Crippen MR) is 70.2 cm³/mol. The van der Waals surface area contributed by atoms with Gasteiger partial charge in [-0.05, 0) is 42.4 Å². The molecule has 2 heteroatoms. The minimum Gasteiger partial charge on any atom is -0.366 e. The molecular formula is C15H21NO. The zero-order valence-corrected chi connectivity index (χ0v) is 10.5. The lowest BCUT2D eigenvalue weighted by Gasteiger charge is -2.26. The van der Waals surface area contributed by atoms with E-state index >= 15 is 0 Å². The van der Waals surface area contributed by atoms with Crippen molar-refractivity contribution in [3.05, 3.63) is 34.9 Å². The van der Waals surface area contributed by atoms with Gasteiger partial charge in [0, 0.05) is 5.56 Å². The largest absolute Gasteiger partial charge is 0.366 e. The van der Waals surface area contributed by atoms with E-state index in [0.717, 1.165) is 12.0 Å². The molecule has 0 spiro atoms. The maximum atomic E-state index is 11.6. The lowest BCUT2D eigenvalue weighted by molar-refractivity contribution is 0.0998. The highest BCUT2D eigenvalue weighted by molar-refractivity contribution is 5.94. The second-order valence-electron chi connectivity index (χ2n) is 4.93. The van der Waals surface area contributed by atoms with E-state index in [1.165, 1.54) is 43.2 Å². The predicted octanol–water partition coefficient (Wildman–Crippen LogP) is 3.40. The fourth-order valence-electron chi connectivity index (χ4n) is 3.01. The summed E-state index contributed by atoms with van der Waals surface area (Å²) in [5.41, 5.74) is 8.79. The molecule has 1 aromatic carbocycles. The van der Waals surface area contributed by atoms with Gasteiger partial charge in [0.2, 0.25) is 5.91 Å². The minimum absolute atomic E-state index is 0.277. The van der Waals surface area contributed by atoms with Crippen molar-refractivity contribution in [2.24, 2.45) is 5.73 Å². The first-order chi connectivity index (χ1) is 8.24. The fraction of sp³-hybridized carbons (Fsp3) is 0.533. The Hall–Kier alpha value is -1.31. The van der Waals surface area contributed by atoms with Crippen LogP contribution < -0.4 is 5.73 Å². The number of amides is 1. The molecule has 0 heterocycles. The van der Waals surface area contributed by atoms with Crippen molar-refractivity contribution < 1.29 is 4.79 Å². The van der Waals surface area contributed by atoms with E-state index in [1.54, 1.807) is 0 Å². The first kappa shape index (κ1) is 12.2. The minimum atomic E-state index is -0.277. The molecule has 1 aromatic rings. The van der Waals surface area contributed by atoms with E-state index in [0.29, 0.717) is 5.92 Å². The van der Waals surface area contributed by atoms with Crippen LogP contribution in [0, 0.1) is 0 Å². The van der Waals surface area contributed by atoms with E-state index in [4.69, 9.17) is 5.73 Å². The molecule has 1 fully saturated rings. The number of nitrogens with two attached hydrogens (primary N) is 1. The van der Waals surface area contributed by atoms with Crippen LogP contribution in [0.4, 0.5) is 0 Å². The number of rotatable bonds is 3. The number of primary amides is 1. The van der Waals surface area contributed by atoms with Gasteiger partial charge >= 0.3 is 0 Å². The summed E-state index contributed by atoms with van der Waals surface area (Å²) in [6, 6.07) is 5.97. The number of benzene rings is 1. The Balaban J connectivity index is 2.43. The van der Waals surface area contributed by atoms with E-state index in [-0.39, 0.29) is 5.91 Å². The third kappa shape index (κ3) is 2.51. The molecule has 0 atom stereocenters. The summed E-state index contributed by atoms with van der Waals surface area (Å²) in [4.78, 5) is 11.6. The Morgan fingerprint density at radius 2 is 2.00 bits per heavy atom. The first-order valence-corrected chi connectivity index (χ1v) is 6.65. The Morgan fingerprint density at radius 1 is 1.29 bits per heavy atom. The Bertz CT molecular complexity index is 405. The van der Waals surface area contributed by atoms with Gasteiger partial charge in [0.1, 0.15) is 0 Å². The summed E-state index contributed by atoms with van der Waals surface area (Å²) < 4.78 is 0. The average Bonchev–Trinajstić information content (AvgIpc) is 2.38. The molecule has 1 amide bonds. The van der Waals surface area contributed by atoms with Crippen LogP contribution in [0.25, 0.3) is 0 Å². The van der Waals surface area contributed by atoms with E-state index in [9.17, 15) is 4.79 Å². The lowest BCUT2D eigenvalue weighted by atomic mass is 9.79. The molecule has 1 aliphatic carbocycles. The van der Waals surface area contributed by atoms with Crippen molar-refractivity contribution in [2.45, 2.75) is 51.4 Å². The van der Waals surface area contributed by atoms with Crippen LogP contribution in [0.15, 0.2) is 18.2 Å². The highest BCUT2D eigenvalue weighted by atomic mass is 16.1. The Morgan fingerprint density at radius 3 is 2.59 bits per heavy atom. The standard InChI is InChI=1S/C15H21NO/c1-2-11-9-6-10-13(15(16)17)14(11)12-7-4-3-5-8-12/h6,9-10,12H,2-5,7-8H2,1H3,(H2,16,17). The molecule has 0 saturated heterocycles. The van der Waals surface area contributed by atoms with Crippen molar-refractivity contribution in [2.75, 3.05) is 0 Å². The lowest BCUT2D eigenvalue weighted by Crippen LogP contribution is -2.18. The summed E-state index contributed by atoms with van der Waals surface area (Å²) in [5.74, 6) is 0.267. The molecule has 1 aliphatic rings. The van der Waals surface area contributed by atoms with Gasteiger partial charge < -0.3 is 5.73 Å². The van der Waals surface area contributed by atoms with Crippen molar-refractivity contribution in [3.8, 4) is 0 Å². The van der Waals surface area contributed by atoms with Crippen LogP contribution in [0.1, 0.15) is 66.4 Å². The number of hydrogen-bond donors (Lipinski definition) is 1. The van der Waals surface area contributed by atoms with Gasteiger partial charge in [0.25, 0.3) is 0 Å². The van der Waals surface area contributed by atoms with Crippen molar-refractivity contribution >= 4 is 5.91 Å². The summed E-state index contributed by atoms with van der Waals surface area (Å²) in [6.45, 7) is 2.15. The highest BCUT2D eigenvalue weighted by Gasteiger charge is 2.22. The monoisotopic (exact) mass is 231 g/mol. The molecule has 2 N–H and O–H groups in total. The van der Waals surface area contributed by atoms with Gasteiger partial charge in [-0.25, -0.2) is 0 Å². The quantitative estimate of drug-likeness (QED) is 0.851. The molecule has 17 heavy (non-hydrogen) atoms. The molecule has 0 bridgehead atoms. The van der Waals surface area contributed by atoms with Gasteiger partial charge in [-0.3, -0.25) is 4.79 Å². The molecule has 0 unspecified atom stereocenters. The number of carbonyl (C=O) groups excluding carboxylic acids is 1. The third-order valence-electron chi connectivity index (χ3n) is 3.86. The molecule has 0 aromatic heterocycles. The fourth-order valence-corrected chi connectivity index (χ4v) is 3.01. The van der Waals surface area contributed by atoms with Crippen LogP contribution in [0.3, 0.4) is 0 Å². The second kappa shape index (κ2) is 5.35. The normalized spacial score (nSPS) is 17.0. The van der Waals surface area contributed by atoms with E-state index in [2.05, 4.69) is 13.0 Å².